The maximum atomic E-state index is 10.4. The highest BCUT2D eigenvalue weighted by Crippen LogP contribution is 2.20. The number of carbonyl (C=O) groups excluding carboxylic acids is 1. The predicted octanol–water partition coefficient (Wildman–Crippen LogP) is 4.33. The normalized spacial score (nSPS) is 13.6. The number of allylic oxidation sites excluding steroid dienone is 1. The van der Waals surface area contributed by atoms with Crippen LogP contribution in [-0.2, 0) is 11.3 Å². The van der Waals surface area contributed by atoms with Crippen LogP contribution in [0.1, 0.15) is 44.2 Å². The van der Waals surface area contributed by atoms with Crippen LogP contribution in [0.15, 0.2) is 54.6 Å². The Bertz CT molecular complexity index is 787. The number of rotatable bonds is 12. The molecule has 5 N–H and O–H groups in total. The average molecular weight is 396 g/mol. The van der Waals surface area contributed by atoms with Crippen molar-refractivity contribution in [2.45, 2.75) is 45.7 Å². The van der Waals surface area contributed by atoms with Gasteiger partial charge in [-0.3, -0.25) is 4.79 Å². The SMILES string of the molecule is CCCC(N)C(C)CC=C(N)c1cccc(NCc2ccc(OCC=O)cc2)c1. The lowest BCUT2D eigenvalue weighted by Gasteiger charge is -2.18. The molecule has 0 spiro atoms. The maximum Gasteiger partial charge on any atom is 0.157 e. The van der Waals surface area contributed by atoms with E-state index in [-0.39, 0.29) is 12.6 Å². The molecule has 0 aliphatic heterocycles. The smallest absolute Gasteiger partial charge is 0.157 e. The van der Waals surface area contributed by atoms with Crippen molar-refractivity contribution in [3.63, 3.8) is 0 Å². The second-order valence-corrected chi connectivity index (χ2v) is 7.38. The van der Waals surface area contributed by atoms with Gasteiger partial charge in [0.1, 0.15) is 12.4 Å². The molecular weight excluding hydrogens is 362 g/mol. The first-order valence-corrected chi connectivity index (χ1v) is 10.2. The Balaban J connectivity index is 1.93. The van der Waals surface area contributed by atoms with E-state index in [9.17, 15) is 4.79 Å². The summed E-state index contributed by atoms with van der Waals surface area (Å²) in [5.41, 5.74) is 16.4. The molecule has 2 aromatic carbocycles. The molecule has 2 rings (SSSR count). The number of aldehydes is 1. The lowest BCUT2D eigenvalue weighted by molar-refractivity contribution is -0.109. The molecule has 2 aromatic rings. The molecule has 0 heterocycles. The molecule has 0 bridgehead atoms. The Hall–Kier alpha value is -2.79. The van der Waals surface area contributed by atoms with E-state index in [4.69, 9.17) is 16.2 Å². The quantitative estimate of drug-likeness (QED) is 0.465. The standard InChI is InChI=1S/C24H33N3O2/c1-3-5-23(25)18(2)8-13-24(26)20-6-4-7-21(16-20)27-17-19-9-11-22(12-10-19)29-15-14-28/h4,6-7,9-14,16,18,23,27H,3,5,8,15,17,25-26H2,1-2H3. The van der Waals surface area contributed by atoms with Gasteiger partial charge in [0.2, 0.25) is 0 Å². The van der Waals surface area contributed by atoms with Gasteiger partial charge in [0, 0.05) is 24.0 Å². The number of nitrogens with one attached hydrogen (secondary N) is 1. The Kier molecular flexibility index (Phi) is 9.25. The molecule has 29 heavy (non-hydrogen) atoms. The number of benzene rings is 2. The molecule has 0 saturated heterocycles. The summed E-state index contributed by atoms with van der Waals surface area (Å²) in [5, 5.41) is 3.42. The zero-order valence-electron chi connectivity index (χ0n) is 17.4. The number of hydrogen-bond donors (Lipinski definition) is 3. The zero-order valence-corrected chi connectivity index (χ0v) is 17.4. The van der Waals surface area contributed by atoms with Crippen LogP contribution in [0.2, 0.25) is 0 Å². The summed E-state index contributed by atoms with van der Waals surface area (Å²) >= 11 is 0. The van der Waals surface area contributed by atoms with Crippen molar-refractivity contribution in [3.05, 3.63) is 65.7 Å². The minimum atomic E-state index is 0.0721. The molecule has 5 heteroatoms. The first-order chi connectivity index (χ1) is 14.0. The number of anilines is 1. The van der Waals surface area contributed by atoms with E-state index in [1.165, 1.54) is 0 Å². The van der Waals surface area contributed by atoms with E-state index in [0.717, 1.165) is 48.1 Å². The topological polar surface area (TPSA) is 90.4 Å². The van der Waals surface area contributed by atoms with Crippen LogP contribution in [-0.4, -0.2) is 18.9 Å². The van der Waals surface area contributed by atoms with E-state index in [1.54, 1.807) is 0 Å². The fourth-order valence-corrected chi connectivity index (χ4v) is 3.07. The first-order valence-electron chi connectivity index (χ1n) is 10.2. The second kappa shape index (κ2) is 11.9. The van der Waals surface area contributed by atoms with E-state index in [2.05, 4.69) is 31.3 Å². The van der Waals surface area contributed by atoms with Gasteiger partial charge in [-0.2, -0.15) is 0 Å². The van der Waals surface area contributed by atoms with Crippen LogP contribution in [0, 0.1) is 5.92 Å². The highest BCUT2D eigenvalue weighted by Gasteiger charge is 2.10. The van der Waals surface area contributed by atoms with E-state index in [1.807, 2.05) is 42.5 Å². The van der Waals surface area contributed by atoms with Gasteiger partial charge in [-0.1, -0.05) is 50.6 Å². The van der Waals surface area contributed by atoms with Gasteiger partial charge in [0.05, 0.1) is 0 Å². The molecule has 0 aliphatic carbocycles. The summed E-state index contributed by atoms with van der Waals surface area (Å²) in [6.07, 6.45) is 5.84. The minimum Gasteiger partial charge on any atom is -0.486 e. The Morgan fingerprint density at radius 1 is 1.21 bits per heavy atom. The van der Waals surface area contributed by atoms with Crippen LogP contribution in [0.4, 0.5) is 5.69 Å². The average Bonchev–Trinajstić information content (AvgIpc) is 2.75. The van der Waals surface area contributed by atoms with Crippen molar-refractivity contribution in [1.29, 1.82) is 0 Å². The van der Waals surface area contributed by atoms with Crippen LogP contribution < -0.4 is 21.5 Å². The summed E-state index contributed by atoms with van der Waals surface area (Å²) in [6.45, 7) is 5.09. The molecule has 0 saturated carbocycles. The monoisotopic (exact) mass is 395 g/mol. The van der Waals surface area contributed by atoms with Crippen molar-refractivity contribution in [2.75, 3.05) is 11.9 Å². The molecule has 2 atom stereocenters. The summed E-state index contributed by atoms with van der Waals surface area (Å²) in [5.74, 6) is 1.10. The highest BCUT2D eigenvalue weighted by molar-refractivity contribution is 5.66. The lowest BCUT2D eigenvalue weighted by atomic mass is 9.94. The van der Waals surface area contributed by atoms with Gasteiger partial charge in [0.25, 0.3) is 0 Å². The van der Waals surface area contributed by atoms with Crippen molar-refractivity contribution in [2.24, 2.45) is 17.4 Å². The molecule has 0 amide bonds. The predicted molar refractivity (Wildman–Crippen MR) is 121 cm³/mol. The molecule has 2 unspecified atom stereocenters. The van der Waals surface area contributed by atoms with Gasteiger partial charge in [0.15, 0.2) is 6.29 Å². The van der Waals surface area contributed by atoms with Gasteiger partial charge in [-0.05, 0) is 54.2 Å². The summed E-state index contributed by atoms with van der Waals surface area (Å²) < 4.78 is 5.27. The molecule has 0 radical (unpaired) electrons. The van der Waals surface area contributed by atoms with E-state index in [0.29, 0.717) is 18.2 Å². The summed E-state index contributed by atoms with van der Waals surface area (Å²) in [7, 11) is 0. The molecule has 156 valence electrons. The maximum absolute atomic E-state index is 10.4. The fourth-order valence-electron chi connectivity index (χ4n) is 3.07. The molecular formula is C24H33N3O2. The fraction of sp³-hybridized carbons (Fsp3) is 0.375. The van der Waals surface area contributed by atoms with Crippen LogP contribution in [0.25, 0.3) is 5.70 Å². The third-order valence-electron chi connectivity index (χ3n) is 5.00. The lowest BCUT2D eigenvalue weighted by Crippen LogP contribution is -2.27. The molecule has 0 fully saturated rings. The summed E-state index contributed by atoms with van der Waals surface area (Å²) in [4.78, 5) is 10.4. The highest BCUT2D eigenvalue weighted by atomic mass is 16.5. The third-order valence-corrected chi connectivity index (χ3v) is 5.00. The third kappa shape index (κ3) is 7.62. The van der Waals surface area contributed by atoms with Crippen molar-refractivity contribution in [3.8, 4) is 5.75 Å². The number of nitrogens with two attached hydrogens (primary N) is 2. The number of hydrogen-bond acceptors (Lipinski definition) is 5. The van der Waals surface area contributed by atoms with Crippen molar-refractivity contribution >= 4 is 17.7 Å². The first kappa shape index (κ1) is 22.5. The summed E-state index contributed by atoms with van der Waals surface area (Å²) in [6, 6.07) is 16.0. The molecule has 5 nitrogen and oxygen atoms in total. The Labute approximate surface area is 174 Å². The van der Waals surface area contributed by atoms with Crippen LogP contribution in [0.5, 0.6) is 5.75 Å². The molecule has 0 aliphatic rings. The van der Waals surface area contributed by atoms with E-state index < -0.39 is 0 Å². The van der Waals surface area contributed by atoms with Crippen molar-refractivity contribution < 1.29 is 9.53 Å². The number of ether oxygens (including phenoxy) is 1. The van der Waals surface area contributed by atoms with Gasteiger partial charge in [-0.25, -0.2) is 0 Å². The minimum absolute atomic E-state index is 0.0721. The molecule has 0 aromatic heterocycles. The number of carbonyl (C=O) groups is 1. The van der Waals surface area contributed by atoms with E-state index >= 15 is 0 Å². The van der Waals surface area contributed by atoms with Gasteiger partial charge < -0.3 is 21.5 Å². The van der Waals surface area contributed by atoms with Gasteiger partial charge in [-0.15, -0.1) is 0 Å². The van der Waals surface area contributed by atoms with Crippen molar-refractivity contribution in [1.82, 2.24) is 0 Å². The largest absolute Gasteiger partial charge is 0.486 e. The zero-order chi connectivity index (χ0) is 21.1. The van der Waals surface area contributed by atoms with Gasteiger partial charge >= 0.3 is 0 Å². The van der Waals surface area contributed by atoms with Crippen LogP contribution in [0.3, 0.4) is 0 Å². The second-order valence-electron chi connectivity index (χ2n) is 7.38. The Morgan fingerprint density at radius 2 is 1.97 bits per heavy atom. The van der Waals surface area contributed by atoms with Crippen LogP contribution >= 0.6 is 0 Å². The Morgan fingerprint density at radius 3 is 2.66 bits per heavy atom.